The van der Waals surface area contributed by atoms with Gasteiger partial charge in [0.2, 0.25) is 5.50 Å². The van der Waals surface area contributed by atoms with Gasteiger partial charge in [-0.25, -0.2) is 4.39 Å². The second-order valence-corrected chi connectivity index (χ2v) is 2.89. The molecule has 0 aromatic carbocycles. The Labute approximate surface area is 60.8 Å². The van der Waals surface area contributed by atoms with Gasteiger partial charge < -0.3 is 0 Å². The van der Waals surface area contributed by atoms with E-state index in [2.05, 4.69) is 18.5 Å². The van der Waals surface area contributed by atoms with Crippen LogP contribution < -0.4 is 0 Å². The van der Waals surface area contributed by atoms with Crippen LogP contribution in [-0.4, -0.2) is 16.6 Å². The van der Waals surface area contributed by atoms with E-state index in [0.717, 1.165) is 0 Å². The highest BCUT2D eigenvalue weighted by Crippen LogP contribution is 2.33. The molecule has 9 heavy (non-hydrogen) atoms. The van der Waals surface area contributed by atoms with Gasteiger partial charge >= 0.3 is 5.38 Å². The molecule has 0 spiro atoms. The lowest BCUT2D eigenvalue weighted by Gasteiger charge is -2.10. The predicted octanol–water partition coefficient (Wildman–Crippen LogP) is 2.68. The Bertz CT molecular complexity index is 82.4. The highest BCUT2D eigenvalue weighted by Gasteiger charge is 2.37. The molecule has 0 rings (SSSR count). The molecular weight excluding hydrogens is 173 g/mol. The monoisotopic (exact) mass is 177 g/mol. The number of halogens is 4. The summed E-state index contributed by atoms with van der Waals surface area (Å²) < 4.78 is 35.2. The Morgan fingerprint density at radius 3 is 2.22 bits per heavy atom. The standard InChI is InChI=1S/C4H5ClF3S/c1-2-9-3(6)4(5,7)8/h3H,1-2H2. The minimum absolute atomic E-state index is 0.0451. The molecule has 0 aliphatic rings. The van der Waals surface area contributed by atoms with Crippen molar-refractivity contribution in [1.82, 2.24) is 0 Å². The Balaban J connectivity index is 3.59. The summed E-state index contributed by atoms with van der Waals surface area (Å²) >= 11 is 4.68. The molecule has 1 atom stereocenters. The van der Waals surface area contributed by atoms with Crippen molar-refractivity contribution in [1.29, 1.82) is 0 Å². The zero-order chi connectivity index (χ0) is 7.49. The van der Waals surface area contributed by atoms with Gasteiger partial charge in [-0.15, -0.1) is 11.8 Å². The molecule has 0 aliphatic heterocycles. The molecule has 0 saturated carbocycles. The maximum atomic E-state index is 12.0. The van der Waals surface area contributed by atoms with E-state index in [4.69, 9.17) is 0 Å². The van der Waals surface area contributed by atoms with Crippen LogP contribution in [0, 0.1) is 6.92 Å². The molecular formula is C4H5ClF3S. The summed E-state index contributed by atoms with van der Waals surface area (Å²) in [6, 6.07) is 0. The van der Waals surface area contributed by atoms with Gasteiger partial charge in [-0.3, -0.25) is 0 Å². The van der Waals surface area contributed by atoms with Crippen LogP contribution in [0.25, 0.3) is 0 Å². The molecule has 1 radical (unpaired) electrons. The van der Waals surface area contributed by atoms with E-state index in [0.29, 0.717) is 11.8 Å². The molecule has 0 bridgehead atoms. The molecule has 0 amide bonds. The summed E-state index contributed by atoms with van der Waals surface area (Å²) in [4.78, 5) is 0. The molecule has 0 fully saturated rings. The lowest BCUT2D eigenvalue weighted by molar-refractivity contribution is 0.0487. The SMILES string of the molecule is [CH2]CSC(F)C(F)(F)Cl. The second kappa shape index (κ2) is 3.56. The van der Waals surface area contributed by atoms with Crippen molar-refractivity contribution in [3.8, 4) is 0 Å². The third-order valence-electron chi connectivity index (χ3n) is 0.522. The van der Waals surface area contributed by atoms with Crippen LogP contribution in [0.2, 0.25) is 0 Å². The average molecular weight is 178 g/mol. The first-order chi connectivity index (χ1) is 3.98. The number of thioether (sulfide) groups is 1. The Hall–Kier alpha value is 0.430. The van der Waals surface area contributed by atoms with E-state index in [-0.39, 0.29) is 5.75 Å². The number of rotatable bonds is 3. The third-order valence-corrected chi connectivity index (χ3v) is 1.67. The van der Waals surface area contributed by atoms with Gasteiger partial charge in [0.1, 0.15) is 0 Å². The fraction of sp³-hybridized carbons (Fsp3) is 0.750. The quantitative estimate of drug-likeness (QED) is 0.598. The van der Waals surface area contributed by atoms with Gasteiger partial charge in [0.15, 0.2) is 0 Å². The first-order valence-electron chi connectivity index (χ1n) is 2.10. The number of hydrogen-bond donors (Lipinski definition) is 0. The highest BCUT2D eigenvalue weighted by atomic mass is 35.5. The average Bonchev–Trinajstić information content (AvgIpc) is 1.64. The van der Waals surface area contributed by atoms with Crippen molar-refractivity contribution >= 4 is 23.4 Å². The molecule has 0 N–H and O–H groups in total. The van der Waals surface area contributed by atoms with Crippen LogP contribution in [0.4, 0.5) is 13.2 Å². The maximum absolute atomic E-state index is 12.0. The topological polar surface area (TPSA) is 0 Å². The van der Waals surface area contributed by atoms with Crippen LogP contribution in [0.3, 0.4) is 0 Å². The largest absolute Gasteiger partial charge is 0.361 e. The van der Waals surface area contributed by atoms with Gasteiger partial charge in [-0.2, -0.15) is 8.78 Å². The predicted molar refractivity (Wildman–Crippen MR) is 33.5 cm³/mol. The van der Waals surface area contributed by atoms with Gasteiger partial charge in [0.25, 0.3) is 0 Å². The van der Waals surface area contributed by atoms with Crippen molar-refractivity contribution in [2.24, 2.45) is 0 Å². The van der Waals surface area contributed by atoms with Crippen LogP contribution in [-0.2, 0) is 0 Å². The van der Waals surface area contributed by atoms with Gasteiger partial charge in [0.05, 0.1) is 0 Å². The van der Waals surface area contributed by atoms with Crippen molar-refractivity contribution in [3.63, 3.8) is 0 Å². The molecule has 0 nitrogen and oxygen atoms in total. The van der Waals surface area contributed by atoms with E-state index >= 15 is 0 Å². The summed E-state index contributed by atoms with van der Waals surface area (Å²) in [7, 11) is 0. The molecule has 1 unspecified atom stereocenters. The number of hydrogen-bond acceptors (Lipinski definition) is 1. The van der Waals surface area contributed by atoms with Gasteiger partial charge in [-0.1, -0.05) is 0 Å². The van der Waals surface area contributed by atoms with Crippen molar-refractivity contribution in [3.05, 3.63) is 6.92 Å². The van der Waals surface area contributed by atoms with Crippen LogP contribution >= 0.6 is 23.4 Å². The fourth-order valence-electron chi connectivity index (χ4n) is 0.198. The summed E-state index contributed by atoms with van der Waals surface area (Å²) in [6.45, 7) is 3.17. The molecule has 0 saturated heterocycles. The van der Waals surface area contributed by atoms with Crippen molar-refractivity contribution in [2.45, 2.75) is 10.9 Å². The van der Waals surface area contributed by atoms with Crippen molar-refractivity contribution in [2.75, 3.05) is 5.75 Å². The molecule has 55 valence electrons. The first kappa shape index (κ1) is 9.43. The van der Waals surface area contributed by atoms with E-state index < -0.39 is 10.9 Å². The zero-order valence-corrected chi connectivity index (χ0v) is 5.98. The highest BCUT2D eigenvalue weighted by molar-refractivity contribution is 7.99. The minimum atomic E-state index is -3.76. The van der Waals surface area contributed by atoms with Crippen LogP contribution in [0.5, 0.6) is 0 Å². The van der Waals surface area contributed by atoms with Gasteiger partial charge in [0, 0.05) is 0 Å². The first-order valence-corrected chi connectivity index (χ1v) is 3.52. The summed E-state index contributed by atoms with van der Waals surface area (Å²) in [6.07, 6.45) is 0. The molecule has 5 heteroatoms. The summed E-state index contributed by atoms with van der Waals surface area (Å²) in [5.74, 6) is 0.0451. The van der Waals surface area contributed by atoms with E-state index in [1.807, 2.05) is 0 Å². The van der Waals surface area contributed by atoms with E-state index in [1.54, 1.807) is 0 Å². The Morgan fingerprint density at radius 2 is 2.11 bits per heavy atom. The second-order valence-electron chi connectivity index (χ2n) is 1.23. The normalized spacial score (nSPS) is 15.7. The Morgan fingerprint density at radius 1 is 1.67 bits per heavy atom. The molecule has 0 heterocycles. The molecule has 0 aromatic rings. The minimum Gasteiger partial charge on any atom is -0.227 e. The molecule has 0 aromatic heterocycles. The summed E-state index contributed by atoms with van der Waals surface area (Å²) in [5.41, 5.74) is -2.35. The lowest BCUT2D eigenvalue weighted by atomic mass is 10.8. The Kier molecular flexibility index (Phi) is 3.73. The van der Waals surface area contributed by atoms with E-state index in [1.165, 1.54) is 0 Å². The number of alkyl halides is 4. The molecule has 0 aliphatic carbocycles. The zero-order valence-electron chi connectivity index (χ0n) is 4.41. The smallest absolute Gasteiger partial charge is 0.227 e. The summed E-state index contributed by atoms with van der Waals surface area (Å²) in [5, 5.41) is -3.76. The van der Waals surface area contributed by atoms with Crippen LogP contribution in [0.15, 0.2) is 0 Å². The van der Waals surface area contributed by atoms with Crippen molar-refractivity contribution < 1.29 is 13.2 Å². The van der Waals surface area contributed by atoms with E-state index in [9.17, 15) is 13.2 Å². The van der Waals surface area contributed by atoms with Crippen LogP contribution in [0.1, 0.15) is 0 Å². The lowest BCUT2D eigenvalue weighted by Crippen LogP contribution is -2.19. The maximum Gasteiger partial charge on any atom is 0.361 e. The van der Waals surface area contributed by atoms with Gasteiger partial charge in [-0.05, 0) is 24.3 Å². The fourth-order valence-corrected chi connectivity index (χ4v) is 0.783. The third kappa shape index (κ3) is 3.92.